The summed E-state index contributed by atoms with van der Waals surface area (Å²) >= 11 is 6.23. The topological polar surface area (TPSA) is 51.2 Å². The van der Waals surface area contributed by atoms with Gasteiger partial charge in [-0.1, -0.05) is 11.6 Å². The minimum Gasteiger partial charge on any atom is -0.497 e. The molecule has 3 rings (SSSR count). The molecule has 1 aliphatic heterocycles. The number of hydrogen-bond donors (Lipinski definition) is 0. The fourth-order valence-electron chi connectivity index (χ4n) is 3.13. The first-order valence-corrected chi connectivity index (χ1v) is 9.04. The first kappa shape index (κ1) is 19.2. The van der Waals surface area contributed by atoms with Crippen LogP contribution in [0.2, 0.25) is 5.02 Å². The van der Waals surface area contributed by atoms with Gasteiger partial charge in [-0.25, -0.2) is 0 Å². The van der Waals surface area contributed by atoms with Crippen molar-refractivity contribution in [2.24, 2.45) is 0 Å². The Hall–Kier alpha value is -2.60. The molecular weight excluding hydrogens is 368 g/mol. The third-order valence-corrected chi connectivity index (χ3v) is 4.96. The normalized spacial score (nSPS) is 14.1. The van der Waals surface area contributed by atoms with Crippen molar-refractivity contribution < 1.29 is 19.0 Å². The zero-order valence-electron chi connectivity index (χ0n) is 15.7. The van der Waals surface area contributed by atoms with Crippen LogP contribution in [0.5, 0.6) is 17.2 Å². The van der Waals surface area contributed by atoms with E-state index in [2.05, 4.69) is 4.90 Å². The SMILES string of the molecule is COc1cc(OC)cc(C(=O)N2CCN(c3ccc(OC)c(Cl)c3)CC2)c1. The second kappa shape index (κ2) is 8.39. The van der Waals surface area contributed by atoms with Crippen LogP contribution in [0.4, 0.5) is 5.69 Å². The van der Waals surface area contributed by atoms with Gasteiger partial charge < -0.3 is 24.0 Å². The molecule has 0 unspecified atom stereocenters. The van der Waals surface area contributed by atoms with Crippen LogP contribution in [-0.4, -0.2) is 58.3 Å². The van der Waals surface area contributed by atoms with E-state index < -0.39 is 0 Å². The second-order valence-corrected chi connectivity index (χ2v) is 6.61. The van der Waals surface area contributed by atoms with Crippen LogP contribution in [0, 0.1) is 0 Å². The maximum atomic E-state index is 12.9. The fraction of sp³-hybridized carbons (Fsp3) is 0.350. The van der Waals surface area contributed by atoms with Crippen LogP contribution in [-0.2, 0) is 0 Å². The predicted octanol–water partition coefficient (Wildman–Crippen LogP) is 3.33. The van der Waals surface area contributed by atoms with Crippen molar-refractivity contribution in [3.05, 3.63) is 47.0 Å². The lowest BCUT2D eigenvalue weighted by Gasteiger charge is -2.36. The Kier molecular flexibility index (Phi) is 5.96. The molecule has 1 amide bonds. The van der Waals surface area contributed by atoms with E-state index in [0.29, 0.717) is 40.9 Å². The zero-order chi connectivity index (χ0) is 19.4. The molecule has 144 valence electrons. The lowest BCUT2D eigenvalue weighted by Crippen LogP contribution is -2.48. The number of ether oxygens (including phenoxy) is 3. The molecule has 0 spiro atoms. The van der Waals surface area contributed by atoms with Gasteiger partial charge in [0.15, 0.2) is 0 Å². The van der Waals surface area contributed by atoms with Gasteiger partial charge in [0.1, 0.15) is 17.2 Å². The molecule has 1 heterocycles. The highest BCUT2D eigenvalue weighted by Gasteiger charge is 2.23. The maximum Gasteiger partial charge on any atom is 0.254 e. The summed E-state index contributed by atoms with van der Waals surface area (Å²) in [5.74, 6) is 1.83. The number of amides is 1. The third-order valence-electron chi connectivity index (χ3n) is 4.67. The van der Waals surface area contributed by atoms with Gasteiger partial charge in [-0.3, -0.25) is 4.79 Å². The average molecular weight is 391 g/mol. The third kappa shape index (κ3) is 4.22. The van der Waals surface area contributed by atoms with Gasteiger partial charge in [0.05, 0.1) is 26.4 Å². The van der Waals surface area contributed by atoms with E-state index in [0.717, 1.165) is 18.8 Å². The number of methoxy groups -OCH3 is 3. The van der Waals surface area contributed by atoms with Crippen molar-refractivity contribution >= 4 is 23.2 Å². The van der Waals surface area contributed by atoms with E-state index in [9.17, 15) is 4.79 Å². The van der Waals surface area contributed by atoms with Crippen LogP contribution in [0.25, 0.3) is 0 Å². The number of hydrogen-bond acceptors (Lipinski definition) is 5. The molecule has 0 aliphatic carbocycles. The lowest BCUT2D eigenvalue weighted by atomic mass is 10.1. The summed E-state index contributed by atoms with van der Waals surface area (Å²) in [6, 6.07) is 11.0. The first-order valence-electron chi connectivity index (χ1n) is 8.66. The van der Waals surface area contributed by atoms with Crippen molar-refractivity contribution in [3.63, 3.8) is 0 Å². The molecule has 1 saturated heterocycles. The molecular formula is C20H23ClN2O4. The van der Waals surface area contributed by atoms with Crippen molar-refractivity contribution in [1.29, 1.82) is 0 Å². The van der Waals surface area contributed by atoms with Crippen molar-refractivity contribution in [2.45, 2.75) is 0 Å². The number of carbonyl (C=O) groups excluding carboxylic acids is 1. The molecule has 0 radical (unpaired) electrons. The first-order chi connectivity index (χ1) is 13.0. The number of piperazine rings is 1. The number of halogens is 1. The average Bonchev–Trinajstić information content (AvgIpc) is 2.72. The van der Waals surface area contributed by atoms with Crippen LogP contribution < -0.4 is 19.1 Å². The highest BCUT2D eigenvalue weighted by atomic mass is 35.5. The highest BCUT2D eigenvalue weighted by Crippen LogP contribution is 2.30. The summed E-state index contributed by atoms with van der Waals surface area (Å²) in [6.45, 7) is 2.72. The fourth-order valence-corrected chi connectivity index (χ4v) is 3.39. The molecule has 1 fully saturated rings. The zero-order valence-corrected chi connectivity index (χ0v) is 16.5. The van der Waals surface area contributed by atoms with Crippen LogP contribution in [0.1, 0.15) is 10.4 Å². The number of benzene rings is 2. The molecule has 0 atom stereocenters. The lowest BCUT2D eigenvalue weighted by molar-refractivity contribution is 0.0746. The van der Waals surface area contributed by atoms with Gasteiger partial charge in [-0.15, -0.1) is 0 Å². The molecule has 0 aromatic heterocycles. The van der Waals surface area contributed by atoms with Crippen molar-refractivity contribution in [3.8, 4) is 17.2 Å². The molecule has 2 aromatic rings. The summed E-state index contributed by atoms with van der Waals surface area (Å²) in [6.07, 6.45) is 0. The summed E-state index contributed by atoms with van der Waals surface area (Å²) < 4.78 is 15.7. The maximum absolute atomic E-state index is 12.9. The Morgan fingerprint density at radius 2 is 1.52 bits per heavy atom. The minimum atomic E-state index is -0.0281. The number of rotatable bonds is 5. The van der Waals surface area contributed by atoms with Crippen LogP contribution >= 0.6 is 11.6 Å². The highest BCUT2D eigenvalue weighted by molar-refractivity contribution is 6.32. The van der Waals surface area contributed by atoms with Crippen molar-refractivity contribution in [1.82, 2.24) is 4.90 Å². The molecule has 6 nitrogen and oxygen atoms in total. The Morgan fingerprint density at radius 3 is 2.04 bits per heavy atom. The van der Waals surface area contributed by atoms with Gasteiger partial charge in [0.25, 0.3) is 5.91 Å². The monoisotopic (exact) mass is 390 g/mol. The quantitative estimate of drug-likeness (QED) is 0.783. The molecule has 7 heteroatoms. The Bertz CT molecular complexity index is 797. The van der Waals surface area contributed by atoms with E-state index >= 15 is 0 Å². The Morgan fingerprint density at radius 1 is 0.889 bits per heavy atom. The number of anilines is 1. The molecule has 2 aromatic carbocycles. The predicted molar refractivity (Wildman–Crippen MR) is 106 cm³/mol. The second-order valence-electron chi connectivity index (χ2n) is 6.20. The molecule has 0 saturated carbocycles. The van der Waals surface area contributed by atoms with E-state index in [1.54, 1.807) is 39.5 Å². The van der Waals surface area contributed by atoms with Crippen LogP contribution in [0.3, 0.4) is 0 Å². The molecule has 0 bridgehead atoms. The van der Waals surface area contributed by atoms with E-state index in [1.807, 2.05) is 23.1 Å². The summed E-state index contributed by atoms with van der Waals surface area (Å²) in [4.78, 5) is 16.9. The number of carbonyl (C=O) groups is 1. The molecule has 27 heavy (non-hydrogen) atoms. The largest absolute Gasteiger partial charge is 0.497 e. The summed E-state index contributed by atoms with van der Waals surface area (Å²) in [7, 11) is 4.74. The standard InChI is InChI=1S/C20H23ClN2O4/c1-25-16-10-14(11-17(13-16)26-2)20(24)23-8-6-22(7-9-23)15-4-5-19(27-3)18(21)12-15/h4-5,10-13H,6-9H2,1-3H3. The number of nitrogens with zero attached hydrogens (tertiary/aromatic N) is 2. The summed E-state index contributed by atoms with van der Waals surface area (Å²) in [5.41, 5.74) is 1.59. The van der Waals surface area contributed by atoms with Gasteiger partial charge in [-0.2, -0.15) is 0 Å². The molecule has 1 aliphatic rings. The Balaban J connectivity index is 1.68. The minimum absolute atomic E-state index is 0.0281. The van der Waals surface area contributed by atoms with Gasteiger partial charge in [0, 0.05) is 43.5 Å². The van der Waals surface area contributed by atoms with Crippen molar-refractivity contribution in [2.75, 3.05) is 52.4 Å². The Labute approximate surface area is 164 Å². The van der Waals surface area contributed by atoms with Gasteiger partial charge >= 0.3 is 0 Å². The van der Waals surface area contributed by atoms with E-state index in [1.165, 1.54) is 0 Å². The van der Waals surface area contributed by atoms with E-state index in [-0.39, 0.29) is 5.91 Å². The molecule has 0 N–H and O–H groups in total. The van der Waals surface area contributed by atoms with Gasteiger partial charge in [0.2, 0.25) is 0 Å². The smallest absolute Gasteiger partial charge is 0.254 e. The van der Waals surface area contributed by atoms with Crippen LogP contribution in [0.15, 0.2) is 36.4 Å². The van der Waals surface area contributed by atoms with E-state index in [4.69, 9.17) is 25.8 Å². The van der Waals surface area contributed by atoms with Gasteiger partial charge in [-0.05, 0) is 30.3 Å². The summed E-state index contributed by atoms with van der Waals surface area (Å²) in [5, 5.41) is 0.581.